The van der Waals surface area contributed by atoms with Gasteiger partial charge in [0.05, 0.1) is 16.6 Å². The zero-order valence-electron chi connectivity index (χ0n) is 16.4. The first-order valence-electron chi connectivity index (χ1n) is 10.0. The van der Waals surface area contributed by atoms with Gasteiger partial charge in [-0.25, -0.2) is 4.98 Å². The van der Waals surface area contributed by atoms with E-state index in [4.69, 9.17) is 14.5 Å². The number of fused-ring (bicyclic) bond motifs is 2. The van der Waals surface area contributed by atoms with Gasteiger partial charge in [0, 0.05) is 26.2 Å². The molecule has 0 aliphatic carbocycles. The average Bonchev–Trinajstić information content (AvgIpc) is 3.40. The Kier molecular flexibility index (Phi) is 4.75. The molecule has 3 aromatic rings. The molecule has 2 aromatic carbocycles. The Morgan fingerprint density at radius 1 is 1.10 bits per heavy atom. The minimum atomic E-state index is 0.154. The van der Waals surface area contributed by atoms with Crippen LogP contribution in [0.5, 0.6) is 11.5 Å². The van der Waals surface area contributed by atoms with Crippen LogP contribution in [0.1, 0.15) is 18.1 Å². The second kappa shape index (κ2) is 7.55. The number of ether oxygens (including phenoxy) is 2. The molecular weight excluding hydrogens is 386 g/mol. The van der Waals surface area contributed by atoms with Crippen LogP contribution >= 0.6 is 11.3 Å². The Labute approximate surface area is 173 Å². The third-order valence-electron chi connectivity index (χ3n) is 5.57. The standard InChI is InChI=1S/C22H23N3O3S/c1-2-16-4-3-5-19-21(16)23-22(29-19)25-10-8-24(9-11-25)20(26)13-15-6-7-17-18(12-15)28-14-27-17/h3-7,12H,2,8-11,13-14H2,1H3. The Hall–Kier alpha value is -2.80. The van der Waals surface area contributed by atoms with E-state index >= 15 is 0 Å². The van der Waals surface area contributed by atoms with E-state index in [-0.39, 0.29) is 12.7 Å². The Balaban J connectivity index is 1.23. The number of hydrogen-bond acceptors (Lipinski definition) is 6. The molecule has 0 atom stereocenters. The van der Waals surface area contributed by atoms with Crippen molar-refractivity contribution >= 4 is 32.6 Å². The molecule has 2 aliphatic rings. The van der Waals surface area contributed by atoms with Crippen LogP contribution in [0.3, 0.4) is 0 Å². The predicted molar refractivity (Wildman–Crippen MR) is 114 cm³/mol. The first kappa shape index (κ1) is 18.2. The van der Waals surface area contributed by atoms with Gasteiger partial charge in [-0.1, -0.05) is 36.5 Å². The number of para-hydroxylation sites is 1. The number of carbonyl (C=O) groups is 1. The summed E-state index contributed by atoms with van der Waals surface area (Å²) in [7, 11) is 0. The van der Waals surface area contributed by atoms with Crippen molar-refractivity contribution in [3.05, 3.63) is 47.5 Å². The lowest BCUT2D eigenvalue weighted by Gasteiger charge is -2.34. The van der Waals surface area contributed by atoms with Crippen molar-refractivity contribution in [2.24, 2.45) is 0 Å². The molecule has 1 fully saturated rings. The van der Waals surface area contributed by atoms with Crippen LogP contribution in [0.15, 0.2) is 36.4 Å². The maximum absolute atomic E-state index is 12.8. The van der Waals surface area contributed by atoms with Crippen molar-refractivity contribution in [2.75, 3.05) is 37.9 Å². The highest BCUT2D eigenvalue weighted by atomic mass is 32.1. The van der Waals surface area contributed by atoms with Crippen LogP contribution in [0.2, 0.25) is 0 Å². The SMILES string of the molecule is CCc1cccc2sc(N3CCN(C(=O)Cc4ccc5c(c4)OCO5)CC3)nc12. The number of hydrogen-bond donors (Lipinski definition) is 0. The topological polar surface area (TPSA) is 54.9 Å². The van der Waals surface area contributed by atoms with Crippen molar-refractivity contribution < 1.29 is 14.3 Å². The second-order valence-corrected chi connectivity index (χ2v) is 8.36. The first-order chi connectivity index (χ1) is 14.2. The molecule has 0 spiro atoms. The quantitative estimate of drug-likeness (QED) is 0.660. The molecular formula is C22H23N3O3S. The van der Waals surface area contributed by atoms with Crippen LogP contribution < -0.4 is 14.4 Å². The van der Waals surface area contributed by atoms with E-state index in [1.165, 1.54) is 10.3 Å². The lowest BCUT2D eigenvalue weighted by Crippen LogP contribution is -2.49. The van der Waals surface area contributed by atoms with Gasteiger partial charge in [0.25, 0.3) is 0 Å². The molecule has 2 aliphatic heterocycles. The Bertz CT molecular complexity index is 1060. The lowest BCUT2D eigenvalue weighted by molar-refractivity contribution is -0.130. The summed E-state index contributed by atoms with van der Waals surface area (Å²) in [4.78, 5) is 21.9. The summed E-state index contributed by atoms with van der Waals surface area (Å²) in [6.07, 6.45) is 1.38. The molecule has 3 heterocycles. The largest absolute Gasteiger partial charge is 0.454 e. The fourth-order valence-electron chi connectivity index (χ4n) is 3.90. The summed E-state index contributed by atoms with van der Waals surface area (Å²) in [5, 5.41) is 1.06. The molecule has 29 heavy (non-hydrogen) atoms. The van der Waals surface area contributed by atoms with Gasteiger partial charge in [0.15, 0.2) is 16.6 Å². The minimum absolute atomic E-state index is 0.154. The lowest BCUT2D eigenvalue weighted by atomic mass is 10.1. The highest BCUT2D eigenvalue weighted by molar-refractivity contribution is 7.22. The zero-order valence-corrected chi connectivity index (χ0v) is 17.2. The normalized spacial score (nSPS) is 15.9. The molecule has 1 aromatic heterocycles. The van der Waals surface area contributed by atoms with Crippen molar-refractivity contribution in [1.29, 1.82) is 0 Å². The Morgan fingerprint density at radius 2 is 1.93 bits per heavy atom. The van der Waals surface area contributed by atoms with E-state index in [0.29, 0.717) is 6.42 Å². The Morgan fingerprint density at radius 3 is 2.76 bits per heavy atom. The number of piperazine rings is 1. The molecule has 1 amide bonds. The summed E-state index contributed by atoms with van der Waals surface area (Å²) >= 11 is 1.74. The van der Waals surface area contributed by atoms with Crippen LogP contribution in [0.4, 0.5) is 5.13 Å². The number of benzene rings is 2. The van der Waals surface area contributed by atoms with E-state index in [1.54, 1.807) is 11.3 Å². The predicted octanol–water partition coefficient (Wildman–Crippen LogP) is 3.48. The van der Waals surface area contributed by atoms with E-state index in [2.05, 4.69) is 30.0 Å². The fraction of sp³-hybridized carbons (Fsp3) is 0.364. The summed E-state index contributed by atoms with van der Waals surface area (Å²) in [5.41, 5.74) is 3.37. The van der Waals surface area contributed by atoms with Gasteiger partial charge in [0.2, 0.25) is 12.7 Å². The molecule has 0 N–H and O–H groups in total. The van der Waals surface area contributed by atoms with Gasteiger partial charge in [-0.15, -0.1) is 0 Å². The van der Waals surface area contributed by atoms with E-state index < -0.39 is 0 Å². The maximum Gasteiger partial charge on any atom is 0.231 e. The summed E-state index contributed by atoms with van der Waals surface area (Å²) in [6, 6.07) is 12.1. The summed E-state index contributed by atoms with van der Waals surface area (Å²) in [5.74, 6) is 1.63. The molecule has 0 saturated carbocycles. The smallest absolute Gasteiger partial charge is 0.231 e. The van der Waals surface area contributed by atoms with Gasteiger partial charge >= 0.3 is 0 Å². The maximum atomic E-state index is 12.8. The number of carbonyl (C=O) groups excluding carboxylic acids is 1. The van der Waals surface area contributed by atoms with Crippen LogP contribution in [-0.2, 0) is 17.6 Å². The molecule has 6 nitrogen and oxygen atoms in total. The fourth-order valence-corrected chi connectivity index (χ4v) is 4.96. The van der Waals surface area contributed by atoms with Crippen LogP contribution in [0.25, 0.3) is 10.2 Å². The highest BCUT2D eigenvalue weighted by Crippen LogP contribution is 2.33. The van der Waals surface area contributed by atoms with Crippen LogP contribution in [-0.4, -0.2) is 48.8 Å². The summed E-state index contributed by atoms with van der Waals surface area (Å²) < 4.78 is 12.0. The van der Waals surface area contributed by atoms with Gasteiger partial charge in [-0.3, -0.25) is 4.79 Å². The third kappa shape index (κ3) is 3.51. The molecule has 0 unspecified atom stereocenters. The monoisotopic (exact) mass is 409 g/mol. The second-order valence-electron chi connectivity index (χ2n) is 7.35. The van der Waals surface area contributed by atoms with E-state index in [0.717, 1.165) is 60.3 Å². The van der Waals surface area contributed by atoms with Gasteiger partial charge < -0.3 is 19.3 Å². The zero-order chi connectivity index (χ0) is 19.8. The number of thiazole rings is 1. The third-order valence-corrected chi connectivity index (χ3v) is 6.65. The number of aromatic nitrogens is 1. The number of anilines is 1. The van der Waals surface area contributed by atoms with E-state index in [9.17, 15) is 4.79 Å². The number of rotatable bonds is 4. The molecule has 0 bridgehead atoms. The van der Waals surface area contributed by atoms with Crippen LogP contribution in [0, 0.1) is 0 Å². The van der Waals surface area contributed by atoms with Gasteiger partial charge in [0.1, 0.15) is 0 Å². The number of nitrogens with zero attached hydrogens (tertiary/aromatic N) is 3. The van der Waals surface area contributed by atoms with E-state index in [1.807, 2.05) is 23.1 Å². The molecule has 1 saturated heterocycles. The number of aryl methyl sites for hydroxylation is 1. The van der Waals surface area contributed by atoms with Crippen molar-refractivity contribution in [1.82, 2.24) is 9.88 Å². The van der Waals surface area contributed by atoms with Gasteiger partial charge in [-0.2, -0.15) is 0 Å². The van der Waals surface area contributed by atoms with Crippen molar-refractivity contribution in [3.8, 4) is 11.5 Å². The molecule has 150 valence electrons. The summed E-state index contributed by atoms with van der Waals surface area (Å²) in [6.45, 7) is 5.49. The molecule has 7 heteroatoms. The van der Waals surface area contributed by atoms with Crippen molar-refractivity contribution in [2.45, 2.75) is 19.8 Å². The molecule has 5 rings (SSSR count). The highest BCUT2D eigenvalue weighted by Gasteiger charge is 2.24. The van der Waals surface area contributed by atoms with Crippen molar-refractivity contribution in [3.63, 3.8) is 0 Å². The number of amides is 1. The molecule has 0 radical (unpaired) electrons. The van der Waals surface area contributed by atoms with Gasteiger partial charge in [-0.05, 0) is 35.7 Å². The minimum Gasteiger partial charge on any atom is -0.454 e. The first-order valence-corrected chi connectivity index (χ1v) is 10.8. The average molecular weight is 410 g/mol.